The molecule has 2 aromatic carbocycles. The van der Waals surface area contributed by atoms with Crippen LogP contribution in [0, 0.1) is 0 Å². The van der Waals surface area contributed by atoms with E-state index in [1.807, 2.05) is 24.3 Å². The number of hydrogen-bond donors (Lipinski definition) is 0. The summed E-state index contributed by atoms with van der Waals surface area (Å²) in [6, 6.07) is 16.3. The summed E-state index contributed by atoms with van der Waals surface area (Å²) in [6.45, 7) is 3.04. The summed E-state index contributed by atoms with van der Waals surface area (Å²) in [6.07, 6.45) is 5.04. The van der Waals surface area contributed by atoms with Gasteiger partial charge in [-0.15, -0.1) is 0 Å². The summed E-state index contributed by atoms with van der Waals surface area (Å²) < 4.78 is 2.08. The molecule has 1 unspecified atom stereocenters. The molecule has 1 atom stereocenters. The van der Waals surface area contributed by atoms with E-state index in [1.165, 1.54) is 19.3 Å². The Kier molecular flexibility index (Phi) is 6.83. The first-order valence-electron chi connectivity index (χ1n) is 10.2. The number of carbonyl (C=O) groups is 1. The molecule has 2 aromatic rings. The molecule has 29 heavy (non-hydrogen) atoms. The zero-order valence-electron chi connectivity index (χ0n) is 16.4. The average Bonchev–Trinajstić information content (AvgIpc) is 3.19. The number of halogens is 2. The highest BCUT2D eigenvalue weighted by molar-refractivity contribution is 9.10. The molecule has 0 N–H and O–H groups in total. The number of benzene rings is 2. The standard InChI is InChI=1S/C23H25Br2N3O/c24-19-8-4-17(5-9-19)21-16-22(18-6-10-20(25)11-7-18)28(26-21)23(29)12-15-27-13-2-1-3-14-27/h4-11,22H,1-3,12-16H2. The van der Waals surface area contributed by atoms with Crippen LogP contribution in [0.25, 0.3) is 0 Å². The van der Waals surface area contributed by atoms with Crippen LogP contribution in [0.3, 0.4) is 0 Å². The second-order valence-electron chi connectivity index (χ2n) is 7.72. The van der Waals surface area contributed by atoms with E-state index in [4.69, 9.17) is 5.10 Å². The molecule has 2 heterocycles. The summed E-state index contributed by atoms with van der Waals surface area (Å²) in [7, 11) is 0. The minimum Gasteiger partial charge on any atom is -0.303 e. The predicted molar refractivity (Wildman–Crippen MR) is 124 cm³/mol. The number of carbonyl (C=O) groups excluding carboxylic acids is 1. The monoisotopic (exact) mass is 517 g/mol. The molecular weight excluding hydrogens is 494 g/mol. The molecule has 0 radical (unpaired) electrons. The van der Waals surface area contributed by atoms with Gasteiger partial charge >= 0.3 is 0 Å². The van der Waals surface area contributed by atoms with Crippen molar-refractivity contribution in [2.45, 2.75) is 38.1 Å². The molecule has 6 heteroatoms. The second kappa shape index (κ2) is 9.54. The van der Waals surface area contributed by atoms with Crippen molar-refractivity contribution in [3.63, 3.8) is 0 Å². The number of nitrogens with zero attached hydrogens (tertiary/aromatic N) is 3. The lowest BCUT2D eigenvalue weighted by molar-refractivity contribution is -0.133. The Morgan fingerprint density at radius 1 is 0.931 bits per heavy atom. The Morgan fingerprint density at radius 3 is 2.21 bits per heavy atom. The number of amides is 1. The molecule has 0 saturated carbocycles. The molecule has 2 aliphatic heterocycles. The fourth-order valence-corrected chi connectivity index (χ4v) is 4.58. The van der Waals surface area contributed by atoms with E-state index in [0.29, 0.717) is 6.42 Å². The van der Waals surface area contributed by atoms with Crippen LogP contribution >= 0.6 is 31.9 Å². The van der Waals surface area contributed by atoms with E-state index in [2.05, 4.69) is 61.0 Å². The van der Waals surface area contributed by atoms with Gasteiger partial charge in [0.15, 0.2) is 0 Å². The van der Waals surface area contributed by atoms with Crippen molar-refractivity contribution in [1.29, 1.82) is 0 Å². The number of likely N-dealkylation sites (tertiary alicyclic amines) is 1. The third kappa shape index (κ3) is 5.16. The largest absolute Gasteiger partial charge is 0.303 e. The fourth-order valence-electron chi connectivity index (χ4n) is 4.05. The molecule has 1 fully saturated rings. The van der Waals surface area contributed by atoms with Crippen LogP contribution in [-0.2, 0) is 4.79 Å². The summed E-state index contributed by atoms with van der Waals surface area (Å²) in [5.74, 6) is 0.107. The Bertz CT molecular complexity index is 874. The van der Waals surface area contributed by atoms with Crippen molar-refractivity contribution >= 4 is 43.5 Å². The minimum absolute atomic E-state index is 0.0457. The molecular formula is C23H25Br2N3O. The van der Waals surface area contributed by atoms with E-state index in [-0.39, 0.29) is 11.9 Å². The van der Waals surface area contributed by atoms with E-state index in [1.54, 1.807) is 5.01 Å². The summed E-state index contributed by atoms with van der Waals surface area (Å²) >= 11 is 6.99. The zero-order chi connectivity index (χ0) is 20.2. The van der Waals surface area contributed by atoms with Gasteiger partial charge in [0.25, 0.3) is 0 Å². The van der Waals surface area contributed by atoms with Crippen LogP contribution in [0.4, 0.5) is 0 Å². The maximum absolute atomic E-state index is 13.1. The van der Waals surface area contributed by atoms with Crippen LogP contribution in [0.5, 0.6) is 0 Å². The maximum atomic E-state index is 13.1. The van der Waals surface area contributed by atoms with E-state index in [0.717, 1.165) is 51.8 Å². The molecule has 0 aromatic heterocycles. The van der Waals surface area contributed by atoms with Crippen LogP contribution < -0.4 is 0 Å². The summed E-state index contributed by atoms with van der Waals surface area (Å²) in [5.41, 5.74) is 3.16. The quantitative estimate of drug-likeness (QED) is 0.504. The van der Waals surface area contributed by atoms with Gasteiger partial charge in [0.1, 0.15) is 0 Å². The van der Waals surface area contributed by atoms with Crippen molar-refractivity contribution in [3.8, 4) is 0 Å². The first-order valence-corrected chi connectivity index (χ1v) is 11.8. The molecule has 1 saturated heterocycles. The Morgan fingerprint density at radius 2 is 1.55 bits per heavy atom. The van der Waals surface area contributed by atoms with Gasteiger partial charge in [0.2, 0.25) is 5.91 Å². The number of rotatable bonds is 5. The molecule has 0 aliphatic carbocycles. The molecule has 4 rings (SSSR count). The molecule has 0 bridgehead atoms. The highest BCUT2D eigenvalue weighted by Gasteiger charge is 2.33. The molecule has 0 spiro atoms. The number of hydrazone groups is 1. The highest BCUT2D eigenvalue weighted by Crippen LogP contribution is 2.34. The Hall–Kier alpha value is -1.50. The van der Waals surface area contributed by atoms with Crippen LogP contribution in [-0.4, -0.2) is 41.2 Å². The second-order valence-corrected chi connectivity index (χ2v) is 9.55. The Balaban J connectivity index is 1.53. The van der Waals surface area contributed by atoms with Gasteiger partial charge in [-0.2, -0.15) is 5.10 Å². The summed E-state index contributed by atoms with van der Waals surface area (Å²) in [5, 5.41) is 6.51. The minimum atomic E-state index is -0.0457. The third-order valence-corrected chi connectivity index (χ3v) is 6.75. The summed E-state index contributed by atoms with van der Waals surface area (Å²) in [4.78, 5) is 15.6. The van der Waals surface area contributed by atoms with Gasteiger partial charge in [-0.1, -0.05) is 62.5 Å². The smallest absolute Gasteiger partial charge is 0.244 e. The van der Waals surface area contributed by atoms with Gasteiger partial charge in [-0.05, 0) is 61.3 Å². The van der Waals surface area contributed by atoms with E-state index >= 15 is 0 Å². The van der Waals surface area contributed by atoms with Gasteiger partial charge in [-0.25, -0.2) is 5.01 Å². The van der Waals surface area contributed by atoms with Gasteiger partial charge in [0.05, 0.1) is 11.8 Å². The van der Waals surface area contributed by atoms with E-state index < -0.39 is 0 Å². The maximum Gasteiger partial charge on any atom is 0.244 e. The lowest BCUT2D eigenvalue weighted by Crippen LogP contribution is -2.35. The van der Waals surface area contributed by atoms with Crippen LogP contribution in [0.1, 0.15) is 49.3 Å². The fraction of sp³-hybridized carbons (Fsp3) is 0.391. The Labute approximate surface area is 189 Å². The lowest BCUT2D eigenvalue weighted by atomic mass is 9.98. The van der Waals surface area contributed by atoms with Gasteiger partial charge in [-0.3, -0.25) is 4.79 Å². The topological polar surface area (TPSA) is 35.9 Å². The lowest BCUT2D eigenvalue weighted by Gasteiger charge is -2.27. The van der Waals surface area contributed by atoms with Crippen molar-refractivity contribution in [1.82, 2.24) is 9.91 Å². The molecule has 1 amide bonds. The average molecular weight is 519 g/mol. The molecule has 2 aliphatic rings. The zero-order valence-corrected chi connectivity index (χ0v) is 19.5. The number of piperidine rings is 1. The van der Waals surface area contributed by atoms with Crippen molar-refractivity contribution in [2.75, 3.05) is 19.6 Å². The first-order chi connectivity index (χ1) is 14.1. The highest BCUT2D eigenvalue weighted by atomic mass is 79.9. The normalized spacial score (nSPS) is 20.0. The van der Waals surface area contributed by atoms with E-state index in [9.17, 15) is 4.79 Å². The molecule has 152 valence electrons. The van der Waals surface area contributed by atoms with Crippen molar-refractivity contribution in [3.05, 3.63) is 68.6 Å². The van der Waals surface area contributed by atoms with Crippen LogP contribution in [0.2, 0.25) is 0 Å². The third-order valence-electron chi connectivity index (χ3n) is 5.69. The van der Waals surface area contributed by atoms with Crippen molar-refractivity contribution in [2.24, 2.45) is 5.10 Å². The van der Waals surface area contributed by atoms with Gasteiger partial charge < -0.3 is 4.90 Å². The number of hydrogen-bond acceptors (Lipinski definition) is 3. The van der Waals surface area contributed by atoms with Crippen LogP contribution in [0.15, 0.2) is 62.6 Å². The van der Waals surface area contributed by atoms with Gasteiger partial charge in [0, 0.05) is 28.3 Å². The first kappa shape index (κ1) is 20.8. The van der Waals surface area contributed by atoms with Crippen molar-refractivity contribution < 1.29 is 4.79 Å². The predicted octanol–water partition coefficient (Wildman–Crippen LogP) is 5.77. The SMILES string of the molecule is O=C(CCN1CCCCC1)N1N=C(c2ccc(Br)cc2)CC1c1ccc(Br)cc1. The molecule has 4 nitrogen and oxygen atoms in total.